The quantitative estimate of drug-likeness (QED) is 0.450. The van der Waals surface area contributed by atoms with Crippen molar-refractivity contribution >= 4 is 34.4 Å². The highest BCUT2D eigenvalue weighted by Crippen LogP contribution is 2.33. The van der Waals surface area contributed by atoms with Crippen molar-refractivity contribution in [2.75, 3.05) is 6.54 Å². The Labute approximate surface area is 211 Å². The van der Waals surface area contributed by atoms with Crippen LogP contribution in [0.25, 0.3) is 0 Å². The van der Waals surface area contributed by atoms with Crippen molar-refractivity contribution in [3.8, 4) is 0 Å². The standard InChI is InChI=1S/C27H24F3N3O2S/c28-27(29,30)21-11-13-22(14-12-21)32-26-33(18-20-9-5-2-6-10-20)24(34)17-23(36-26)25(35)31-16-15-19-7-3-1-4-8-19/h1-14,23H,15-18H2,(H,31,35)/t23-/m1/s1. The van der Waals surface area contributed by atoms with Crippen molar-refractivity contribution in [3.63, 3.8) is 0 Å². The fraction of sp³-hybridized carbons (Fsp3) is 0.222. The lowest BCUT2D eigenvalue weighted by Gasteiger charge is -2.32. The Kier molecular flexibility index (Phi) is 8.10. The highest BCUT2D eigenvalue weighted by Gasteiger charge is 2.36. The molecule has 0 aromatic heterocycles. The molecule has 186 valence electrons. The van der Waals surface area contributed by atoms with Gasteiger partial charge in [-0.3, -0.25) is 14.5 Å². The van der Waals surface area contributed by atoms with Crippen molar-refractivity contribution in [3.05, 3.63) is 102 Å². The Morgan fingerprint density at radius 2 is 1.56 bits per heavy atom. The molecule has 0 radical (unpaired) electrons. The molecule has 0 saturated carbocycles. The number of carbonyl (C=O) groups is 2. The second-order valence-corrected chi connectivity index (χ2v) is 9.41. The number of benzene rings is 3. The number of halogens is 3. The van der Waals surface area contributed by atoms with Crippen molar-refractivity contribution in [1.29, 1.82) is 0 Å². The smallest absolute Gasteiger partial charge is 0.355 e. The van der Waals surface area contributed by atoms with Crippen LogP contribution in [0, 0.1) is 0 Å². The summed E-state index contributed by atoms with van der Waals surface area (Å²) in [5.41, 5.74) is 1.44. The van der Waals surface area contributed by atoms with Crippen molar-refractivity contribution in [1.82, 2.24) is 10.2 Å². The molecule has 1 saturated heterocycles. The van der Waals surface area contributed by atoms with Crippen LogP contribution in [-0.2, 0) is 28.7 Å². The molecule has 4 rings (SSSR count). The zero-order chi connectivity index (χ0) is 25.5. The minimum Gasteiger partial charge on any atom is -0.355 e. The Hall–Kier alpha value is -3.59. The monoisotopic (exact) mass is 511 g/mol. The molecule has 3 aromatic rings. The summed E-state index contributed by atoms with van der Waals surface area (Å²) >= 11 is 1.14. The Morgan fingerprint density at radius 3 is 2.17 bits per heavy atom. The minimum absolute atomic E-state index is 0.000697. The average molecular weight is 512 g/mol. The van der Waals surface area contributed by atoms with E-state index in [0.717, 1.165) is 35.0 Å². The molecule has 0 bridgehead atoms. The first-order valence-corrected chi connectivity index (χ1v) is 12.3. The number of rotatable bonds is 7. The van der Waals surface area contributed by atoms with Gasteiger partial charge < -0.3 is 5.32 Å². The van der Waals surface area contributed by atoms with E-state index in [9.17, 15) is 22.8 Å². The van der Waals surface area contributed by atoms with Crippen LogP contribution in [0.4, 0.5) is 18.9 Å². The molecule has 1 aliphatic heterocycles. The van der Waals surface area contributed by atoms with Crippen LogP contribution in [0.2, 0.25) is 0 Å². The number of nitrogens with zero attached hydrogens (tertiary/aromatic N) is 2. The Morgan fingerprint density at radius 1 is 0.944 bits per heavy atom. The summed E-state index contributed by atoms with van der Waals surface area (Å²) < 4.78 is 38.8. The van der Waals surface area contributed by atoms with Gasteiger partial charge in [-0.25, -0.2) is 4.99 Å². The fourth-order valence-corrected chi connectivity index (χ4v) is 4.81. The second kappa shape index (κ2) is 11.4. The van der Waals surface area contributed by atoms with E-state index >= 15 is 0 Å². The largest absolute Gasteiger partial charge is 0.416 e. The number of amidine groups is 1. The van der Waals surface area contributed by atoms with Gasteiger partial charge in [0.05, 0.1) is 23.0 Å². The minimum atomic E-state index is -4.45. The normalized spacial score (nSPS) is 17.3. The molecule has 0 aliphatic carbocycles. The fourth-order valence-electron chi connectivity index (χ4n) is 3.69. The van der Waals surface area contributed by atoms with Crippen LogP contribution in [-0.4, -0.2) is 33.7 Å². The van der Waals surface area contributed by atoms with E-state index in [4.69, 9.17) is 0 Å². The topological polar surface area (TPSA) is 61.8 Å². The summed E-state index contributed by atoms with van der Waals surface area (Å²) in [4.78, 5) is 31.9. The van der Waals surface area contributed by atoms with Gasteiger partial charge in [0.1, 0.15) is 0 Å². The van der Waals surface area contributed by atoms with Crippen LogP contribution in [0.3, 0.4) is 0 Å². The van der Waals surface area contributed by atoms with E-state index in [1.54, 1.807) is 0 Å². The van der Waals surface area contributed by atoms with Gasteiger partial charge in [0.15, 0.2) is 5.17 Å². The first-order chi connectivity index (χ1) is 17.3. The maximum absolute atomic E-state index is 13.1. The molecule has 1 N–H and O–H groups in total. The highest BCUT2D eigenvalue weighted by molar-refractivity contribution is 8.15. The summed E-state index contributed by atoms with van der Waals surface area (Å²) in [5.74, 6) is -0.546. The third-order valence-electron chi connectivity index (χ3n) is 5.59. The highest BCUT2D eigenvalue weighted by atomic mass is 32.2. The molecule has 5 nitrogen and oxygen atoms in total. The number of thioether (sulfide) groups is 1. The first-order valence-electron chi connectivity index (χ1n) is 11.4. The van der Waals surface area contributed by atoms with Crippen LogP contribution in [0.15, 0.2) is 89.9 Å². The lowest BCUT2D eigenvalue weighted by molar-refractivity contribution is -0.137. The van der Waals surface area contributed by atoms with Crippen LogP contribution >= 0.6 is 11.8 Å². The first kappa shape index (κ1) is 25.5. The lowest BCUT2D eigenvalue weighted by atomic mass is 10.1. The molecule has 1 fully saturated rings. The maximum atomic E-state index is 13.1. The number of hydrogen-bond acceptors (Lipinski definition) is 4. The Bertz CT molecular complexity index is 1220. The molecule has 1 atom stereocenters. The van der Waals surface area contributed by atoms with Crippen molar-refractivity contribution in [2.24, 2.45) is 4.99 Å². The predicted molar refractivity (Wildman–Crippen MR) is 135 cm³/mol. The molecule has 9 heteroatoms. The average Bonchev–Trinajstić information content (AvgIpc) is 2.87. The van der Waals surface area contributed by atoms with Gasteiger partial charge in [0.25, 0.3) is 0 Å². The van der Waals surface area contributed by atoms with Crippen molar-refractivity contribution < 1.29 is 22.8 Å². The molecule has 1 heterocycles. The van der Waals surface area contributed by atoms with Gasteiger partial charge in [0.2, 0.25) is 11.8 Å². The summed E-state index contributed by atoms with van der Waals surface area (Å²) in [5, 5.41) is 2.47. The van der Waals surface area contributed by atoms with Crippen LogP contribution in [0.1, 0.15) is 23.1 Å². The number of alkyl halides is 3. The number of hydrogen-bond donors (Lipinski definition) is 1. The molecule has 0 spiro atoms. The summed E-state index contributed by atoms with van der Waals surface area (Å²) in [6.45, 7) is 0.668. The van der Waals surface area contributed by atoms with E-state index in [2.05, 4.69) is 10.3 Å². The summed E-state index contributed by atoms with van der Waals surface area (Å²) in [6, 6.07) is 23.4. The maximum Gasteiger partial charge on any atom is 0.416 e. The van der Waals surface area contributed by atoms with Crippen LogP contribution < -0.4 is 5.32 Å². The Balaban J connectivity index is 1.52. The van der Waals surface area contributed by atoms with Gasteiger partial charge in [-0.1, -0.05) is 72.4 Å². The van der Waals surface area contributed by atoms with Gasteiger partial charge in [0, 0.05) is 13.0 Å². The lowest BCUT2D eigenvalue weighted by Crippen LogP contribution is -2.46. The van der Waals surface area contributed by atoms with Gasteiger partial charge in [-0.15, -0.1) is 0 Å². The van der Waals surface area contributed by atoms with E-state index in [1.165, 1.54) is 17.0 Å². The molecule has 3 aromatic carbocycles. The van der Waals surface area contributed by atoms with E-state index in [1.807, 2.05) is 60.7 Å². The molecular formula is C27H24F3N3O2S. The van der Waals surface area contributed by atoms with Gasteiger partial charge in [-0.2, -0.15) is 13.2 Å². The summed E-state index contributed by atoms with van der Waals surface area (Å²) in [7, 11) is 0. The molecule has 0 unspecified atom stereocenters. The molecule has 2 amide bonds. The molecule has 1 aliphatic rings. The molecular weight excluding hydrogens is 487 g/mol. The third kappa shape index (κ3) is 6.75. The van der Waals surface area contributed by atoms with E-state index < -0.39 is 17.0 Å². The SMILES string of the molecule is O=C(NCCc1ccccc1)[C@H]1CC(=O)N(Cc2ccccc2)C(=Nc2ccc(C(F)(F)F)cc2)S1. The number of aliphatic imine (C=N–C) groups is 1. The number of nitrogens with one attached hydrogen (secondary N) is 1. The summed E-state index contributed by atoms with van der Waals surface area (Å²) in [6.07, 6.45) is -3.80. The number of carbonyl (C=O) groups excluding carboxylic acids is 2. The zero-order valence-electron chi connectivity index (χ0n) is 19.2. The van der Waals surface area contributed by atoms with Crippen LogP contribution in [0.5, 0.6) is 0 Å². The van der Waals surface area contributed by atoms with Crippen molar-refractivity contribution in [2.45, 2.75) is 30.8 Å². The second-order valence-electron chi connectivity index (χ2n) is 8.24. The predicted octanol–water partition coefficient (Wildman–Crippen LogP) is 5.59. The van der Waals surface area contributed by atoms with Gasteiger partial charge in [-0.05, 0) is 41.8 Å². The third-order valence-corrected chi connectivity index (χ3v) is 6.78. The van der Waals surface area contributed by atoms with E-state index in [-0.39, 0.29) is 35.6 Å². The van der Waals surface area contributed by atoms with Gasteiger partial charge >= 0.3 is 6.18 Å². The van der Waals surface area contributed by atoms with E-state index in [0.29, 0.717) is 13.0 Å². The zero-order valence-corrected chi connectivity index (χ0v) is 20.1. The molecule has 36 heavy (non-hydrogen) atoms. The number of amides is 2.